The average molecular weight is 277 g/mol. The van der Waals surface area contributed by atoms with E-state index < -0.39 is 5.97 Å². The summed E-state index contributed by atoms with van der Waals surface area (Å²) in [5.41, 5.74) is 1.98. The van der Waals surface area contributed by atoms with Crippen molar-refractivity contribution < 1.29 is 15.0 Å². The summed E-state index contributed by atoms with van der Waals surface area (Å²) in [6, 6.07) is 8.09. The highest BCUT2D eigenvalue weighted by Crippen LogP contribution is 2.24. The molecule has 0 radical (unpaired) electrons. The number of aliphatic carboxylic acids is 1. The van der Waals surface area contributed by atoms with Crippen LogP contribution < -0.4 is 5.32 Å². The molecule has 0 bridgehead atoms. The molecule has 2 rings (SSSR count). The van der Waals surface area contributed by atoms with Crippen LogP contribution in [0.2, 0.25) is 0 Å². The van der Waals surface area contributed by atoms with Gasteiger partial charge in [0.15, 0.2) is 0 Å². The van der Waals surface area contributed by atoms with Crippen LogP contribution in [-0.4, -0.2) is 28.8 Å². The minimum absolute atomic E-state index is 0.0723. The Morgan fingerprint density at radius 2 is 1.80 bits per heavy atom. The molecule has 1 aromatic rings. The number of aliphatic hydroxyl groups excluding tert-OH is 1. The molecule has 1 aliphatic rings. The molecule has 2 unspecified atom stereocenters. The van der Waals surface area contributed by atoms with Crippen molar-refractivity contribution in [1.82, 2.24) is 5.32 Å². The second kappa shape index (κ2) is 7.41. The van der Waals surface area contributed by atoms with Gasteiger partial charge >= 0.3 is 5.97 Å². The average Bonchev–Trinajstić information content (AvgIpc) is 2.46. The quantitative estimate of drug-likeness (QED) is 0.743. The zero-order chi connectivity index (χ0) is 14.4. The largest absolute Gasteiger partial charge is 0.481 e. The van der Waals surface area contributed by atoms with E-state index in [0.717, 1.165) is 30.5 Å². The van der Waals surface area contributed by atoms with Crippen molar-refractivity contribution in [2.45, 2.75) is 44.7 Å². The number of carboxylic acid groups (broad SMARTS) is 1. The molecule has 2 atom stereocenters. The van der Waals surface area contributed by atoms with Gasteiger partial charge in [0.2, 0.25) is 0 Å². The maximum atomic E-state index is 10.6. The van der Waals surface area contributed by atoms with E-state index in [9.17, 15) is 9.90 Å². The molecular weight excluding hydrogens is 254 g/mol. The maximum absolute atomic E-state index is 10.6. The molecular formula is C16H23NO3. The fourth-order valence-electron chi connectivity index (χ4n) is 2.89. The number of carboxylic acids is 1. The standard InChI is InChI=1S/C16H23NO3/c18-11-14-3-1-2-4-15(14)17-10-13-7-5-12(6-8-13)9-16(19)20/h5-8,14-15,17-18H,1-4,9-11H2,(H,19,20). The van der Waals surface area contributed by atoms with Gasteiger partial charge in [0.1, 0.15) is 0 Å². The third-order valence-corrected chi connectivity index (χ3v) is 4.09. The van der Waals surface area contributed by atoms with Crippen molar-refractivity contribution in [2.75, 3.05) is 6.61 Å². The van der Waals surface area contributed by atoms with Gasteiger partial charge in [-0.05, 0) is 29.9 Å². The van der Waals surface area contributed by atoms with Crippen LogP contribution >= 0.6 is 0 Å². The van der Waals surface area contributed by atoms with Gasteiger partial charge in [-0.3, -0.25) is 4.79 Å². The van der Waals surface area contributed by atoms with Crippen LogP contribution in [0.15, 0.2) is 24.3 Å². The molecule has 1 aromatic carbocycles. The number of nitrogens with one attached hydrogen (secondary N) is 1. The monoisotopic (exact) mass is 277 g/mol. The number of hydrogen-bond acceptors (Lipinski definition) is 3. The van der Waals surface area contributed by atoms with Gasteiger partial charge in [0.25, 0.3) is 0 Å². The van der Waals surface area contributed by atoms with Crippen molar-refractivity contribution in [2.24, 2.45) is 5.92 Å². The van der Waals surface area contributed by atoms with Crippen LogP contribution in [-0.2, 0) is 17.8 Å². The Hall–Kier alpha value is -1.39. The maximum Gasteiger partial charge on any atom is 0.307 e. The molecule has 4 nitrogen and oxygen atoms in total. The molecule has 0 aliphatic heterocycles. The highest BCUT2D eigenvalue weighted by atomic mass is 16.4. The van der Waals surface area contributed by atoms with E-state index in [1.807, 2.05) is 24.3 Å². The van der Waals surface area contributed by atoms with Gasteiger partial charge in [-0.2, -0.15) is 0 Å². The van der Waals surface area contributed by atoms with E-state index in [-0.39, 0.29) is 13.0 Å². The van der Waals surface area contributed by atoms with Crippen molar-refractivity contribution in [3.63, 3.8) is 0 Å². The molecule has 110 valence electrons. The van der Waals surface area contributed by atoms with Gasteiger partial charge in [0.05, 0.1) is 6.42 Å². The van der Waals surface area contributed by atoms with Crippen LogP contribution in [0, 0.1) is 5.92 Å². The van der Waals surface area contributed by atoms with Crippen molar-refractivity contribution in [3.05, 3.63) is 35.4 Å². The smallest absolute Gasteiger partial charge is 0.307 e. The molecule has 4 heteroatoms. The summed E-state index contributed by atoms with van der Waals surface area (Å²) in [4.78, 5) is 10.6. The molecule has 1 saturated carbocycles. The van der Waals surface area contributed by atoms with E-state index >= 15 is 0 Å². The Bertz CT molecular complexity index is 430. The van der Waals surface area contributed by atoms with E-state index in [4.69, 9.17) is 5.11 Å². The molecule has 1 fully saturated rings. The summed E-state index contributed by atoms with van der Waals surface area (Å²) in [6.07, 6.45) is 4.75. The first kappa shape index (κ1) is 15.0. The zero-order valence-corrected chi connectivity index (χ0v) is 11.7. The van der Waals surface area contributed by atoms with Crippen LogP contribution in [0.3, 0.4) is 0 Å². The van der Waals surface area contributed by atoms with E-state index in [2.05, 4.69) is 5.32 Å². The Kier molecular flexibility index (Phi) is 5.56. The molecule has 0 amide bonds. The SMILES string of the molecule is O=C(O)Cc1ccc(CNC2CCCCC2CO)cc1. The van der Waals surface area contributed by atoms with Crippen LogP contribution in [0.5, 0.6) is 0 Å². The summed E-state index contributed by atoms with van der Waals surface area (Å²) in [5.74, 6) is -0.432. The lowest BCUT2D eigenvalue weighted by Crippen LogP contribution is -2.39. The lowest BCUT2D eigenvalue weighted by Gasteiger charge is -2.31. The summed E-state index contributed by atoms with van der Waals surface area (Å²) in [7, 11) is 0. The molecule has 0 spiro atoms. The summed E-state index contributed by atoms with van der Waals surface area (Å²) < 4.78 is 0. The van der Waals surface area contributed by atoms with Crippen molar-refractivity contribution in [3.8, 4) is 0 Å². The summed E-state index contributed by atoms with van der Waals surface area (Å²) >= 11 is 0. The Labute approximate surface area is 119 Å². The third-order valence-electron chi connectivity index (χ3n) is 4.09. The van der Waals surface area contributed by atoms with Crippen LogP contribution in [0.4, 0.5) is 0 Å². The van der Waals surface area contributed by atoms with E-state index in [1.54, 1.807) is 0 Å². The lowest BCUT2D eigenvalue weighted by atomic mass is 9.85. The molecule has 1 aliphatic carbocycles. The molecule has 0 aromatic heterocycles. The van der Waals surface area contributed by atoms with Crippen LogP contribution in [0.1, 0.15) is 36.8 Å². The lowest BCUT2D eigenvalue weighted by molar-refractivity contribution is -0.136. The Morgan fingerprint density at radius 3 is 2.45 bits per heavy atom. The van der Waals surface area contributed by atoms with Gasteiger partial charge in [-0.15, -0.1) is 0 Å². The summed E-state index contributed by atoms with van der Waals surface area (Å²) in [5, 5.41) is 21.6. The third kappa shape index (κ3) is 4.32. The van der Waals surface area contributed by atoms with E-state index in [0.29, 0.717) is 12.0 Å². The molecule has 3 N–H and O–H groups in total. The van der Waals surface area contributed by atoms with Crippen molar-refractivity contribution in [1.29, 1.82) is 0 Å². The van der Waals surface area contributed by atoms with Crippen molar-refractivity contribution >= 4 is 5.97 Å². The topological polar surface area (TPSA) is 69.6 Å². The second-order valence-corrected chi connectivity index (χ2v) is 5.60. The Morgan fingerprint density at radius 1 is 1.15 bits per heavy atom. The zero-order valence-electron chi connectivity index (χ0n) is 11.7. The minimum Gasteiger partial charge on any atom is -0.481 e. The first-order chi connectivity index (χ1) is 9.69. The first-order valence-corrected chi connectivity index (χ1v) is 7.33. The van der Waals surface area contributed by atoms with Gasteiger partial charge in [-0.1, -0.05) is 37.1 Å². The highest BCUT2D eigenvalue weighted by Gasteiger charge is 2.23. The normalized spacial score (nSPS) is 22.6. The molecule has 0 saturated heterocycles. The van der Waals surface area contributed by atoms with Crippen LogP contribution in [0.25, 0.3) is 0 Å². The predicted molar refractivity (Wildman–Crippen MR) is 77.5 cm³/mol. The number of hydrogen-bond donors (Lipinski definition) is 3. The molecule has 0 heterocycles. The van der Waals surface area contributed by atoms with Gasteiger partial charge < -0.3 is 15.5 Å². The highest BCUT2D eigenvalue weighted by molar-refractivity contribution is 5.70. The number of carbonyl (C=O) groups is 1. The van der Waals surface area contributed by atoms with Gasteiger partial charge in [-0.25, -0.2) is 0 Å². The summed E-state index contributed by atoms with van der Waals surface area (Å²) in [6.45, 7) is 1.03. The predicted octanol–water partition coefficient (Wildman–Crippen LogP) is 1.95. The van der Waals surface area contributed by atoms with Gasteiger partial charge in [0, 0.05) is 19.2 Å². The minimum atomic E-state index is -0.802. The first-order valence-electron chi connectivity index (χ1n) is 7.33. The number of rotatable bonds is 6. The van der Waals surface area contributed by atoms with E-state index in [1.165, 1.54) is 12.8 Å². The number of aliphatic hydroxyl groups is 1. The fraction of sp³-hybridized carbons (Fsp3) is 0.562. The fourth-order valence-corrected chi connectivity index (χ4v) is 2.89. The Balaban J connectivity index is 1.85. The number of benzene rings is 1. The molecule has 20 heavy (non-hydrogen) atoms. The second-order valence-electron chi connectivity index (χ2n) is 5.60.